The molecule has 2 fully saturated rings. The fourth-order valence-electron chi connectivity index (χ4n) is 4.37. The number of imide groups is 1. The van der Waals surface area contributed by atoms with E-state index in [0.717, 1.165) is 36.0 Å². The molecule has 3 rings (SSSR count). The van der Waals surface area contributed by atoms with Crippen LogP contribution in [0.15, 0.2) is 12.2 Å². The van der Waals surface area contributed by atoms with E-state index in [0.29, 0.717) is 6.54 Å². The number of rotatable bonds is 3. The predicted octanol–water partition coefficient (Wildman–Crippen LogP) is 2.23. The number of carbonyl (C=O) groups is 2. The van der Waals surface area contributed by atoms with E-state index in [1.54, 1.807) is 0 Å². The molecule has 0 N–H and O–H groups in total. The minimum absolute atomic E-state index is 0.135. The minimum Gasteiger partial charge on any atom is -0.275 e. The molecule has 0 aromatic rings. The Bertz CT molecular complexity index is 395. The van der Waals surface area contributed by atoms with Crippen LogP contribution in [0.1, 0.15) is 33.1 Å². The lowest BCUT2D eigenvalue weighted by Gasteiger charge is -2.32. The van der Waals surface area contributed by atoms with Crippen molar-refractivity contribution in [2.45, 2.75) is 33.1 Å². The lowest BCUT2D eigenvalue weighted by molar-refractivity contribution is -0.137. The van der Waals surface area contributed by atoms with Crippen molar-refractivity contribution < 1.29 is 9.59 Å². The maximum absolute atomic E-state index is 11.5. The molecule has 3 heteroatoms. The lowest BCUT2D eigenvalue weighted by atomic mass is 9.74. The quantitative estimate of drug-likeness (QED) is 0.717. The Morgan fingerprint density at radius 1 is 1.11 bits per heavy atom. The first kappa shape index (κ1) is 11.9. The van der Waals surface area contributed by atoms with Crippen LogP contribution >= 0.6 is 0 Å². The molecule has 1 aliphatic heterocycles. The van der Waals surface area contributed by atoms with Crippen LogP contribution in [-0.4, -0.2) is 23.3 Å². The predicted molar refractivity (Wildman–Crippen MR) is 68.5 cm³/mol. The summed E-state index contributed by atoms with van der Waals surface area (Å²) >= 11 is 0. The van der Waals surface area contributed by atoms with Crippen molar-refractivity contribution in [3.8, 4) is 0 Å². The summed E-state index contributed by atoms with van der Waals surface area (Å²) in [5, 5.41) is 0. The standard InChI is InChI=1S/C15H21NO2/c1-9-10(2)13-8-12(9)7-11(13)5-6-16-14(17)3-4-15(16)18/h3-4,9-13H,5-8H2,1-2H3. The summed E-state index contributed by atoms with van der Waals surface area (Å²) in [7, 11) is 0. The van der Waals surface area contributed by atoms with Gasteiger partial charge in [0.25, 0.3) is 11.8 Å². The highest BCUT2D eigenvalue weighted by Gasteiger charge is 2.48. The topological polar surface area (TPSA) is 37.4 Å². The maximum atomic E-state index is 11.5. The van der Waals surface area contributed by atoms with Crippen molar-refractivity contribution in [2.24, 2.45) is 29.6 Å². The molecule has 18 heavy (non-hydrogen) atoms. The van der Waals surface area contributed by atoms with Gasteiger partial charge in [-0.2, -0.15) is 0 Å². The SMILES string of the molecule is CC1C2CC(CCN3C(=O)C=CC3=O)C(C2)C1C. The summed E-state index contributed by atoms with van der Waals surface area (Å²) in [5.41, 5.74) is 0. The molecule has 0 spiro atoms. The second-order valence-electron chi connectivity index (χ2n) is 6.32. The van der Waals surface area contributed by atoms with Gasteiger partial charge in [0.1, 0.15) is 0 Å². The first-order chi connectivity index (χ1) is 8.58. The van der Waals surface area contributed by atoms with E-state index in [1.165, 1.54) is 29.9 Å². The van der Waals surface area contributed by atoms with Gasteiger partial charge in [0.2, 0.25) is 0 Å². The number of hydrogen-bond donors (Lipinski definition) is 0. The Labute approximate surface area is 108 Å². The lowest BCUT2D eigenvalue weighted by Crippen LogP contribution is -2.33. The van der Waals surface area contributed by atoms with Crippen molar-refractivity contribution in [1.29, 1.82) is 0 Å². The van der Waals surface area contributed by atoms with E-state index in [4.69, 9.17) is 0 Å². The molecular weight excluding hydrogens is 226 g/mol. The average molecular weight is 247 g/mol. The van der Waals surface area contributed by atoms with Gasteiger partial charge in [-0.25, -0.2) is 0 Å². The van der Waals surface area contributed by atoms with Gasteiger partial charge in [-0.05, 0) is 48.9 Å². The first-order valence-corrected chi connectivity index (χ1v) is 7.11. The van der Waals surface area contributed by atoms with Crippen LogP contribution in [0.5, 0.6) is 0 Å². The summed E-state index contributed by atoms with van der Waals surface area (Å²) in [6.07, 6.45) is 6.44. The fraction of sp³-hybridized carbons (Fsp3) is 0.733. The van der Waals surface area contributed by atoms with Crippen molar-refractivity contribution in [1.82, 2.24) is 4.90 Å². The number of hydrogen-bond acceptors (Lipinski definition) is 2. The molecule has 0 saturated heterocycles. The highest BCUT2D eigenvalue weighted by atomic mass is 16.2. The highest BCUT2D eigenvalue weighted by Crippen LogP contribution is 2.55. The summed E-state index contributed by atoms with van der Waals surface area (Å²) < 4.78 is 0. The summed E-state index contributed by atoms with van der Waals surface area (Å²) in [6.45, 7) is 5.36. The van der Waals surface area contributed by atoms with Crippen LogP contribution < -0.4 is 0 Å². The number of carbonyl (C=O) groups excluding carboxylic acids is 2. The van der Waals surface area contributed by atoms with Crippen LogP contribution in [0.2, 0.25) is 0 Å². The van der Waals surface area contributed by atoms with E-state index < -0.39 is 0 Å². The fourth-order valence-corrected chi connectivity index (χ4v) is 4.37. The van der Waals surface area contributed by atoms with Gasteiger partial charge < -0.3 is 0 Å². The second-order valence-corrected chi connectivity index (χ2v) is 6.32. The molecule has 2 bridgehead atoms. The van der Waals surface area contributed by atoms with Crippen molar-refractivity contribution in [3.05, 3.63) is 12.2 Å². The maximum Gasteiger partial charge on any atom is 0.253 e. The third-order valence-electron chi connectivity index (χ3n) is 5.66. The van der Waals surface area contributed by atoms with Crippen molar-refractivity contribution in [2.75, 3.05) is 6.54 Å². The monoisotopic (exact) mass is 247 g/mol. The Kier molecular flexibility index (Phi) is 2.80. The molecule has 98 valence electrons. The molecule has 2 amide bonds. The van der Waals surface area contributed by atoms with E-state index in [-0.39, 0.29) is 11.8 Å². The molecular formula is C15H21NO2. The number of fused-ring (bicyclic) bond motifs is 2. The van der Waals surface area contributed by atoms with E-state index in [2.05, 4.69) is 13.8 Å². The Morgan fingerprint density at radius 2 is 1.78 bits per heavy atom. The van der Waals surface area contributed by atoms with Crippen LogP contribution in [-0.2, 0) is 9.59 Å². The summed E-state index contributed by atoms with van der Waals surface area (Å²) in [5.74, 6) is 3.85. The highest BCUT2D eigenvalue weighted by molar-refractivity contribution is 6.12. The average Bonchev–Trinajstić information content (AvgIpc) is 2.97. The smallest absolute Gasteiger partial charge is 0.253 e. The molecule has 1 heterocycles. The van der Waals surface area contributed by atoms with E-state index in [9.17, 15) is 9.59 Å². The molecule has 5 unspecified atom stereocenters. The second kappa shape index (κ2) is 4.22. The molecule has 3 aliphatic rings. The van der Waals surface area contributed by atoms with Crippen LogP contribution in [0, 0.1) is 29.6 Å². The van der Waals surface area contributed by atoms with Crippen LogP contribution in [0.25, 0.3) is 0 Å². The number of nitrogens with zero attached hydrogens (tertiary/aromatic N) is 1. The third-order valence-corrected chi connectivity index (χ3v) is 5.66. The zero-order valence-corrected chi connectivity index (χ0v) is 11.1. The van der Waals surface area contributed by atoms with Crippen molar-refractivity contribution >= 4 is 11.8 Å². The molecule has 0 aromatic heterocycles. The van der Waals surface area contributed by atoms with Gasteiger partial charge in [-0.3, -0.25) is 14.5 Å². The largest absolute Gasteiger partial charge is 0.275 e. The summed E-state index contributed by atoms with van der Waals surface area (Å²) in [6, 6.07) is 0. The summed E-state index contributed by atoms with van der Waals surface area (Å²) in [4.78, 5) is 24.4. The minimum atomic E-state index is -0.135. The Hall–Kier alpha value is -1.12. The first-order valence-electron chi connectivity index (χ1n) is 7.11. The van der Waals surface area contributed by atoms with Gasteiger partial charge in [0, 0.05) is 18.7 Å². The van der Waals surface area contributed by atoms with E-state index in [1.807, 2.05) is 0 Å². The molecule has 3 nitrogen and oxygen atoms in total. The van der Waals surface area contributed by atoms with Gasteiger partial charge in [-0.15, -0.1) is 0 Å². The van der Waals surface area contributed by atoms with Crippen LogP contribution in [0.4, 0.5) is 0 Å². The molecule has 5 atom stereocenters. The van der Waals surface area contributed by atoms with Gasteiger partial charge in [-0.1, -0.05) is 13.8 Å². The van der Waals surface area contributed by atoms with Gasteiger partial charge >= 0.3 is 0 Å². The van der Waals surface area contributed by atoms with Gasteiger partial charge in [0.15, 0.2) is 0 Å². The molecule has 0 aromatic carbocycles. The van der Waals surface area contributed by atoms with Crippen LogP contribution in [0.3, 0.4) is 0 Å². The number of amides is 2. The Morgan fingerprint density at radius 3 is 2.33 bits per heavy atom. The Balaban J connectivity index is 1.57. The van der Waals surface area contributed by atoms with E-state index >= 15 is 0 Å². The zero-order valence-electron chi connectivity index (χ0n) is 11.1. The molecule has 2 saturated carbocycles. The molecule has 0 radical (unpaired) electrons. The van der Waals surface area contributed by atoms with Crippen molar-refractivity contribution in [3.63, 3.8) is 0 Å². The normalized spacial score (nSPS) is 42.3. The van der Waals surface area contributed by atoms with Gasteiger partial charge in [0.05, 0.1) is 0 Å². The third kappa shape index (κ3) is 1.72. The zero-order chi connectivity index (χ0) is 12.9. The molecule has 2 aliphatic carbocycles.